The SMILES string of the molecule is Cc1ccc(CN(C)c2ccc3nnc(C(F)(F)F)n3n2)cc1F. The van der Waals surface area contributed by atoms with Crippen LogP contribution in [0.3, 0.4) is 0 Å². The summed E-state index contributed by atoms with van der Waals surface area (Å²) in [7, 11) is 1.66. The largest absolute Gasteiger partial charge is 0.453 e. The van der Waals surface area contributed by atoms with Crippen LogP contribution in [0, 0.1) is 12.7 Å². The Morgan fingerprint density at radius 1 is 1.12 bits per heavy atom. The lowest BCUT2D eigenvalue weighted by Crippen LogP contribution is -2.20. The van der Waals surface area contributed by atoms with E-state index in [4.69, 9.17) is 0 Å². The molecule has 0 N–H and O–H groups in total. The Bertz CT molecular complexity index is 887. The first-order valence-corrected chi connectivity index (χ1v) is 7.01. The zero-order valence-electron chi connectivity index (χ0n) is 12.8. The Kier molecular flexibility index (Phi) is 3.86. The summed E-state index contributed by atoms with van der Waals surface area (Å²) in [6.45, 7) is 1.95. The minimum atomic E-state index is -4.65. The van der Waals surface area contributed by atoms with Crippen LogP contribution in [0.4, 0.5) is 23.4 Å². The minimum Gasteiger partial charge on any atom is -0.354 e. The van der Waals surface area contributed by atoms with Crippen molar-refractivity contribution < 1.29 is 17.6 Å². The van der Waals surface area contributed by atoms with Gasteiger partial charge in [0.25, 0.3) is 5.82 Å². The van der Waals surface area contributed by atoms with Crippen molar-refractivity contribution in [3.05, 3.63) is 53.1 Å². The topological polar surface area (TPSA) is 46.3 Å². The first kappa shape index (κ1) is 16.2. The van der Waals surface area contributed by atoms with E-state index in [2.05, 4.69) is 15.3 Å². The molecule has 2 heterocycles. The number of alkyl halides is 3. The van der Waals surface area contributed by atoms with Crippen LogP contribution in [0.25, 0.3) is 5.65 Å². The van der Waals surface area contributed by atoms with Crippen molar-refractivity contribution in [1.29, 1.82) is 0 Å². The Morgan fingerprint density at radius 2 is 1.88 bits per heavy atom. The molecular formula is C15H13F4N5. The molecule has 0 fully saturated rings. The molecule has 0 saturated heterocycles. The van der Waals surface area contributed by atoms with Gasteiger partial charge in [0.2, 0.25) is 0 Å². The van der Waals surface area contributed by atoms with Crippen molar-refractivity contribution in [2.45, 2.75) is 19.6 Å². The fourth-order valence-electron chi connectivity index (χ4n) is 2.25. The van der Waals surface area contributed by atoms with E-state index >= 15 is 0 Å². The average Bonchev–Trinajstić information content (AvgIpc) is 2.94. The summed E-state index contributed by atoms with van der Waals surface area (Å²) in [6, 6.07) is 7.74. The van der Waals surface area contributed by atoms with Gasteiger partial charge in [0.1, 0.15) is 11.6 Å². The van der Waals surface area contributed by atoms with Crippen LogP contribution in [0.1, 0.15) is 17.0 Å². The molecule has 5 nitrogen and oxygen atoms in total. The van der Waals surface area contributed by atoms with E-state index < -0.39 is 12.0 Å². The van der Waals surface area contributed by atoms with Gasteiger partial charge in [0.05, 0.1) is 0 Å². The third-order valence-electron chi connectivity index (χ3n) is 3.55. The van der Waals surface area contributed by atoms with Crippen molar-refractivity contribution in [2.24, 2.45) is 0 Å². The quantitative estimate of drug-likeness (QED) is 0.688. The maximum absolute atomic E-state index is 13.6. The van der Waals surface area contributed by atoms with Crippen molar-refractivity contribution in [2.75, 3.05) is 11.9 Å². The molecule has 0 aliphatic rings. The number of aryl methyl sites for hydroxylation is 1. The van der Waals surface area contributed by atoms with Crippen molar-refractivity contribution in [1.82, 2.24) is 19.8 Å². The monoisotopic (exact) mass is 339 g/mol. The lowest BCUT2D eigenvalue weighted by molar-refractivity contribution is -0.146. The van der Waals surface area contributed by atoms with Crippen LogP contribution in [-0.2, 0) is 12.7 Å². The molecule has 3 aromatic rings. The number of aromatic nitrogens is 4. The van der Waals surface area contributed by atoms with Gasteiger partial charge in [-0.15, -0.1) is 15.3 Å². The summed E-state index contributed by atoms with van der Waals surface area (Å²) >= 11 is 0. The molecule has 0 bridgehead atoms. The number of anilines is 1. The maximum Gasteiger partial charge on any atom is 0.453 e. The Balaban J connectivity index is 1.92. The highest BCUT2D eigenvalue weighted by Gasteiger charge is 2.37. The number of fused-ring (bicyclic) bond motifs is 1. The molecule has 0 aliphatic heterocycles. The summed E-state index contributed by atoms with van der Waals surface area (Å²) in [5.41, 5.74) is 1.21. The van der Waals surface area contributed by atoms with E-state index in [0.29, 0.717) is 22.2 Å². The van der Waals surface area contributed by atoms with Gasteiger partial charge in [0.15, 0.2) is 5.65 Å². The highest BCUT2D eigenvalue weighted by molar-refractivity contribution is 5.46. The van der Waals surface area contributed by atoms with Gasteiger partial charge in [-0.3, -0.25) is 0 Å². The molecule has 2 aromatic heterocycles. The van der Waals surface area contributed by atoms with Gasteiger partial charge in [-0.2, -0.15) is 17.7 Å². The summed E-state index contributed by atoms with van der Waals surface area (Å²) < 4.78 is 52.9. The van der Waals surface area contributed by atoms with Crippen molar-refractivity contribution in [3.8, 4) is 0 Å². The lowest BCUT2D eigenvalue weighted by Gasteiger charge is -2.18. The molecular weight excluding hydrogens is 326 g/mol. The highest BCUT2D eigenvalue weighted by atomic mass is 19.4. The molecule has 0 amide bonds. The van der Waals surface area contributed by atoms with E-state index in [9.17, 15) is 17.6 Å². The molecule has 9 heteroatoms. The third kappa shape index (κ3) is 3.01. The number of halogens is 4. The minimum absolute atomic E-state index is 0.000792. The van der Waals surface area contributed by atoms with Crippen LogP contribution < -0.4 is 4.90 Å². The fourth-order valence-corrected chi connectivity index (χ4v) is 2.25. The predicted octanol–water partition coefficient (Wildman–Crippen LogP) is 3.23. The number of benzene rings is 1. The molecule has 24 heavy (non-hydrogen) atoms. The number of hydrogen-bond donors (Lipinski definition) is 0. The van der Waals surface area contributed by atoms with Crippen LogP contribution >= 0.6 is 0 Å². The van der Waals surface area contributed by atoms with Crippen LogP contribution in [0.15, 0.2) is 30.3 Å². The average molecular weight is 339 g/mol. The van der Waals surface area contributed by atoms with Gasteiger partial charge in [-0.25, -0.2) is 4.39 Å². The maximum atomic E-state index is 13.6. The molecule has 3 rings (SSSR count). The summed E-state index contributed by atoms with van der Waals surface area (Å²) in [5, 5.41) is 10.5. The Labute approximate surface area is 134 Å². The van der Waals surface area contributed by atoms with Crippen molar-refractivity contribution >= 4 is 11.5 Å². The predicted molar refractivity (Wildman–Crippen MR) is 79.0 cm³/mol. The van der Waals surface area contributed by atoms with Crippen molar-refractivity contribution in [3.63, 3.8) is 0 Å². The summed E-state index contributed by atoms with van der Waals surface area (Å²) in [6.07, 6.45) is -4.65. The van der Waals surface area contributed by atoms with Gasteiger partial charge in [-0.05, 0) is 36.2 Å². The molecule has 0 aliphatic carbocycles. The molecule has 0 unspecified atom stereocenters. The van der Waals surface area contributed by atoms with Gasteiger partial charge < -0.3 is 4.90 Å². The Hall–Kier alpha value is -2.71. The molecule has 1 aromatic carbocycles. The second-order valence-corrected chi connectivity index (χ2v) is 5.42. The molecule has 0 spiro atoms. The zero-order chi connectivity index (χ0) is 17.5. The fraction of sp³-hybridized carbons (Fsp3) is 0.267. The van der Waals surface area contributed by atoms with Crippen LogP contribution in [0.2, 0.25) is 0 Å². The normalized spacial score (nSPS) is 11.9. The molecule has 0 atom stereocenters. The van der Waals surface area contributed by atoms with Crippen LogP contribution in [0.5, 0.6) is 0 Å². The smallest absolute Gasteiger partial charge is 0.354 e. The molecule has 0 radical (unpaired) electrons. The summed E-state index contributed by atoms with van der Waals surface area (Å²) in [5.74, 6) is -1.23. The number of rotatable bonds is 3. The second-order valence-electron chi connectivity index (χ2n) is 5.42. The highest BCUT2D eigenvalue weighted by Crippen LogP contribution is 2.28. The number of hydrogen-bond acceptors (Lipinski definition) is 4. The zero-order valence-corrected chi connectivity index (χ0v) is 12.8. The molecule has 0 saturated carbocycles. The van der Waals surface area contributed by atoms with E-state index in [1.165, 1.54) is 18.2 Å². The summed E-state index contributed by atoms with van der Waals surface area (Å²) in [4.78, 5) is 1.61. The first-order valence-electron chi connectivity index (χ1n) is 7.01. The number of nitrogens with zero attached hydrogens (tertiary/aromatic N) is 5. The first-order chi connectivity index (χ1) is 11.3. The van der Waals surface area contributed by atoms with E-state index in [0.717, 1.165) is 0 Å². The molecule has 126 valence electrons. The van der Waals surface area contributed by atoms with Gasteiger partial charge in [0, 0.05) is 13.6 Å². The van der Waals surface area contributed by atoms with Crippen LogP contribution in [-0.4, -0.2) is 26.9 Å². The lowest BCUT2D eigenvalue weighted by atomic mass is 10.1. The Morgan fingerprint density at radius 3 is 2.54 bits per heavy atom. The third-order valence-corrected chi connectivity index (χ3v) is 3.55. The van der Waals surface area contributed by atoms with Gasteiger partial charge >= 0.3 is 6.18 Å². The second kappa shape index (κ2) is 5.73. The standard InChI is InChI=1S/C15H13F4N5/c1-9-3-4-10(7-11(9)16)8-23(2)13-6-5-12-20-21-14(15(17,18)19)24(12)22-13/h3-7H,8H2,1-2H3. The van der Waals surface area contributed by atoms with E-state index in [1.54, 1.807) is 31.0 Å². The van der Waals surface area contributed by atoms with E-state index in [1.807, 2.05) is 0 Å². The van der Waals surface area contributed by atoms with E-state index in [-0.39, 0.29) is 17.3 Å². The van der Waals surface area contributed by atoms with Gasteiger partial charge in [-0.1, -0.05) is 12.1 Å².